The van der Waals surface area contributed by atoms with Gasteiger partial charge in [0.25, 0.3) is 0 Å². The van der Waals surface area contributed by atoms with E-state index < -0.39 is 0 Å². The lowest BCUT2D eigenvalue weighted by atomic mass is 10.0. The number of aromatic nitrogens is 1. The van der Waals surface area contributed by atoms with E-state index in [-0.39, 0.29) is 0 Å². The molecule has 0 atom stereocenters. The Kier molecular flexibility index (Phi) is 2.56. The molecule has 0 fully saturated rings. The Morgan fingerprint density at radius 1 is 0.565 bits per heavy atom. The molecule has 5 rings (SSSR count). The van der Waals surface area contributed by atoms with Crippen LogP contribution in [0.25, 0.3) is 38.3 Å². The number of pyridine rings is 1. The Balaban J connectivity index is 2.10. The van der Waals surface area contributed by atoms with Gasteiger partial charge in [-0.25, -0.2) is 0 Å². The summed E-state index contributed by atoms with van der Waals surface area (Å²) in [4.78, 5) is 0. The van der Waals surface area contributed by atoms with Crippen LogP contribution in [-0.4, -0.2) is 4.40 Å². The molecule has 0 amide bonds. The topological polar surface area (TPSA) is 4.41 Å². The van der Waals surface area contributed by atoms with Gasteiger partial charge in [-0.05, 0) is 23.1 Å². The summed E-state index contributed by atoms with van der Waals surface area (Å²) >= 11 is 0. The van der Waals surface area contributed by atoms with Crippen LogP contribution in [0.4, 0.5) is 0 Å². The molecule has 0 aliphatic rings. The van der Waals surface area contributed by atoms with E-state index in [1.807, 2.05) is 0 Å². The fraction of sp³-hybridized carbons (Fsp3) is 0. The lowest BCUT2D eigenvalue weighted by Gasteiger charge is -2.05. The molecule has 0 N–H and O–H groups in total. The first-order valence-corrected chi connectivity index (χ1v) is 7.89. The van der Waals surface area contributed by atoms with Crippen molar-refractivity contribution < 1.29 is 0 Å². The highest BCUT2D eigenvalue weighted by atomic mass is 14.9. The monoisotopic (exact) mass is 293 g/mol. The van der Waals surface area contributed by atoms with Crippen LogP contribution < -0.4 is 0 Å². The third-order valence-corrected chi connectivity index (χ3v) is 4.59. The molecule has 0 aliphatic heterocycles. The number of rotatable bonds is 1. The van der Waals surface area contributed by atoms with Gasteiger partial charge in [0.05, 0.1) is 11.0 Å². The van der Waals surface area contributed by atoms with E-state index >= 15 is 0 Å². The van der Waals surface area contributed by atoms with E-state index in [1.165, 1.54) is 38.3 Å². The number of nitrogens with zero attached hydrogens (tertiary/aromatic N) is 1. The summed E-state index contributed by atoms with van der Waals surface area (Å²) in [5, 5.41) is 3.88. The molecule has 0 radical (unpaired) electrons. The average Bonchev–Trinajstić information content (AvgIpc) is 2.97. The van der Waals surface area contributed by atoms with Crippen LogP contribution in [0, 0.1) is 0 Å². The molecule has 0 saturated heterocycles. The van der Waals surface area contributed by atoms with Crippen LogP contribution in [0.5, 0.6) is 0 Å². The molecule has 1 heteroatoms. The van der Waals surface area contributed by atoms with Gasteiger partial charge >= 0.3 is 0 Å². The quantitative estimate of drug-likeness (QED) is 0.362. The minimum atomic E-state index is 1.26. The molecule has 0 aliphatic carbocycles. The SMILES string of the molecule is c1ccc(-c2c3ccccc3n3ccc4ccccc4c23)cc1. The van der Waals surface area contributed by atoms with Crippen molar-refractivity contribution in [3.8, 4) is 11.1 Å². The van der Waals surface area contributed by atoms with Crippen molar-refractivity contribution in [1.29, 1.82) is 0 Å². The van der Waals surface area contributed by atoms with Crippen molar-refractivity contribution in [2.24, 2.45) is 0 Å². The van der Waals surface area contributed by atoms with E-state index in [9.17, 15) is 0 Å². The summed E-state index contributed by atoms with van der Waals surface area (Å²) in [6.07, 6.45) is 2.19. The maximum absolute atomic E-state index is 2.32. The van der Waals surface area contributed by atoms with Crippen LogP contribution in [-0.2, 0) is 0 Å². The Bertz CT molecular complexity index is 1150. The van der Waals surface area contributed by atoms with Gasteiger partial charge < -0.3 is 4.40 Å². The maximum atomic E-state index is 2.32. The van der Waals surface area contributed by atoms with Crippen molar-refractivity contribution in [1.82, 2.24) is 4.40 Å². The summed E-state index contributed by atoms with van der Waals surface area (Å²) in [6, 6.07) is 30.2. The molecule has 3 aromatic carbocycles. The molecule has 0 bridgehead atoms. The fourth-order valence-corrected chi connectivity index (χ4v) is 3.59. The van der Waals surface area contributed by atoms with Gasteiger partial charge in [-0.2, -0.15) is 0 Å². The van der Waals surface area contributed by atoms with Crippen LogP contribution in [0.1, 0.15) is 0 Å². The Labute approximate surface area is 134 Å². The zero-order valence-corrected chi connectivity index (χ0v) is 12.6. The molecular weight excluding hydrogens is 278 g/mol. The number of hydrogen-bond donors (Lipinski definition) is 0. The highest BCUT2D eigenvalue weighted by Gasteiger charge is 2.15. The van der Waals surface area contributed by atoms with E-state index in [4.69, 9.17) is 0 Å². The number of benzene rings is 3. The predicted molar refractivity (Wildman–Crippen MR) is 97.8 cm³/mol. The lowest BCUT2D eigenvalue weighted by Crippen LogP contribution is -1.85. The molecule has 108 valence electrons. The number of fused-ring (bicyclic) bond motifs is 5. The normalized spacial score (nSPS) is 11.5. The van der Waals surface area contributed by atoms with Gasteiger partial charge in [0.2, 0.25) is 0 Å². The Morgan fingerprint density at radius 2 is 1.26 bits per heavy atom. The van der Waals surface area contributed by atoms with Crippen molar-refractivity contribution in [3.63, 3.8) is 0 Å². The average molecular weight is 293 g/mol. The summed E-state index contributed by atoms with van der Waals surface area (Å²) in [6.45, 7) is 0. The van der Waals surface area contributed by atoms with Gasteiger partial charge in [0, 0.05) is 22.5 Å². The molecule has 5 aromatic rings. The van der Waals surface area contributed by atoms with Crippen LogP contribution >= 0.6 is 0 Å². The smallest absolute Gasteiger partial charge is 0.0619 e. The van der Waals surface area contributed by atoms with Crippen LogP contribution in [0.3, 0.4) is 0 Å². The fourth-order valence-electron chi connectivity index (χ4n) is 3.59. The van der Waals surface area contributed by atoms with Crippen molar-refractivity contribution in [3.05, 3.63) is 91.1 Å². The second kappa shape index (κ2) is 4.72. The predicted octanol–water partition coefficient (Wildman–Crippen LogP) is 5.91. The third kappa shape index (κ3) is 1.74. The standard InChI is InChI=1S/C22H15N/c1-2-9-17(10-3-1)21-19-12-6-7-13-20(19)23-15-14-16-8-4-5-11-18(16)22(21)23/h1-15H. The Hall–Kier alpha value is -3.06. The zero-order chi connectivity index (χ0) is 15.2. The summed E-state index contributed by atoms with van der Waals surface area (Å²) in [5.41, 5.74) is 5.13. The highest BCUT2D eigenvalue weighted by molar-refractivity contribution is 6.14. The molecule has 2 aromatic heterocycles. The first kappa shape index (κ1) is 12.5. The van der Waals surface area contributed by atoms with E-state index in [0.29, 0.717) is 0 Å². The molecule has 1 nitrogen and oxygen atoms in total. The van der Waals surface area contributed by atoms with Crippen molar-refractivity contribution in [2.75, 3.05) is 0 Å². The molecule has 0 unspecified atom stereocenters. The van der Waals surface area contributed by atoms with Gasteiger partial charge in [0.1, 0.15) is 0 Å². The maximum Gasteiger partial charge on any atom is 0.0619 e. The van der Waals surface area contributed by atoms with E-state index in [1.54, 1.807) is 0 Å². The Morgan fingerprint density at radius 3 is 2.13 bits per heavy atom. The second-order valence-electron chi connectivity index (χ2n) is 5.88. The summed E-state index contributed by atoms with van der Waals surface area (Å²) in [5.74, 6) is 0. The largest absolute Gasteiger partial charge is 0.315 e. The zero-order valence-electron chi connectivity index (χ0n) is 12.6. The van der Waals surface area contributed by atoms with Gasteiger partial charge in [-0.3, -0.25) is 0 Å². The van der Waals surface area contributed by atoms with Crippen LogP contribution in [0.15, 0.2) is 91.1 Å². The van der Waals surface area contributed by atoms with Gasteiger partial charge in [0.15, 0.2) is 0 Å². The second-order valence-corrected chi connectivity index (χ2v) is 5.88. The first-order valence-electron chi connectivity index (χ1n) is 7.89. The molecular formula is C22H15N. The first-order chi connectivity index (χ1) is 11.4. The minimum Gasteiger partial charge on any atom is -0.315 e. The van der Waals surface area contributed by atoms with E-state index in [2.05, 4.69) is 95.5 Å². The van der Waals surface area contributed by atoms with E-state index in [0.717, 1.165) is 0 Å². The molecule has 23 heavy (non-hydrogen) atoms. The number of para-hydroxylation sites is 1. The number of hydrogen-bond acceptors (Lipinski definition) is 0. The minimum absolute atomic E-state index is 1.26. The molecule has 0 saturated carbocycles. The summed E-state index contributed by atoms with van der Waals surface area (Å²) in [7, 11) is 0. The van der Waals surface area contributed by atoms with Gasteiger partial charge in [-0.15, -0.1) is 0 Å². The summed E-state index contributed by atoms with van der Waals surface area (Å²) < 4.78 is 2.32. The highest BCUT2D eigenvalue weighted by Crippen LogP contribution is 2.38. The third-order valence-electron chi connectivity index (χ3n) is 4.59. The lowest BCUT2D eigenvalue weighted by molar-refractivity contribution is 1.27. The van der Waals surface area contributed by atoms with Crippen molar-refractivity contribution >= 4 is 27.2 Å². The van der Waals surface area contributed by atoms with Crippen LogP contribution in [0.2, 0.25) is 0 Å². The molecule has 0 spiro atoms. The van der Waals surface area contributed by atoms with Gasteiger partial charge in [-0.1, -0.05) is 72.8 Å². The van der Waals surface area contributed by atoms with Crippen molar-refractivity contribution in [2.45, 2.75) is 0 Å². The molecule has 2 heterocycles.